The van der Waals surface area contributed by atoms with Crippen molar-refractivity contribution in [1.29, 1.82) is 0 Å². The molecule has 0 saturated carbocycles. The summed E-state index contributed by atoms with van der Waals surface area (Å²) >= 11 is 0. The van der Waals surface area contributed by atoms with E-state index in [2.05, 4.69) is 18.7 Å². The van der Waals surface area contributed by atoms with E-state index in [0.717, 1.165) is 19.6 Å². The standard InChI is InChI=1S/C12H25N3O/c1-9(2)10-7-15(8-11(10)13)6-5-12(16)14(3)4/h9-11H,5-8,13H2,1-4H3/t10-,11+/m1/s1. The molecule has 1 aliphatic rings. The maximum absolute atomic E-state index is 11.5. The quantitative estimate of drug-likeness (QED) is 0.755. The van der Waals surface area contributed by atoms with Crippen molar-refractivity contribution in [2.24, 2.45) is 17.6 Å². The van der Waals surface area contributed by atoms with E-state index in [1.54, 1.807) is 19.0 Å². The lowest BCUT2D eigenvalue weighted by Gasteiger charge is -2.19. The number of carbonyl (C=O) groups excluding carboxylic acids is 1. The third kappa shape index (κ3) is 3.46. The number of amides is 1. The zero-order chi connectivity index (χ0) is 12.3. The third-order valence-electron chi connectivity index (χ3n) is 3.48. The second-order valence-electron chi connectivity index (χ2n) is 5.37. The van der Waals surface area contributed by atoms with E-state index in [1.807, 2.05) is 0 Å². The Bertz CT molecular complexity index is 240. The lowest BCUT2D eigenvalue weighted by atomic mass is 9.92. The molecule has 0 aromatic carbocycles. The molecule has 1 amide bonds. The van der Waals surface area contributed by atoms with Gasteiger partial charge in [0.1, 0.15) is 0 Å². The summed E-state index contributed by atoms with van der Waals surface area (Å²) < 4.78 is 0. The summed E-state index contributed by atoms with van der Waals surface area (Å²) in [6, 6.07) is 0.273. The van der Waals surface area contributed by atoms with Gasteiger partial charge in [0.15, 0.2) is 0 Å². The van der Waals surface area contributed by atoms with E-state index < -0.39 is 0 Å². The van der Waals surface area contributed by atoms with Crippen molar-refractivity contribution in [3.8, 4) is 0 Å². The minimum absolute atomic E-state index is 0.196. The topological polar surface area (TPSA) is 49.6 Å². The van der Waals surface area contributed by atoms with Crippen molar-refractivity contribution in [2.45, 2.75) is 26.3 Å². The molecule has 1 rings (SSSR count). The molecule has 2 N–H and O–H groups in total. The molecule has 4 heteroatoms. The van der Waals surface area contributed by atoms with Crippen LogP contribution in [0.5, 0.6) is 0 Å². The Labute approximate surface area is 98.8 Å². The highest BCUT2D eigenvalue weighted by atomic mass is 16.2. The molecule has 94 valence electrons. The van der Waals surface area contributed by atoms with Gasteiger partial charge in [-0.3, -0.25) is 4.79 Å². The first-order valence-corrected chi connectivity index (χ1v) is 6.10. The average Bonchev–Trinajstić information content (AvgIpc) is 2.56. The summed E-state index contributed by atoms with van der Waals surface area (Å²) in [5, 5.41) is 0. The average molecular weight is 227 g/mol. The van der Waals surface area contributed by atoms with Crippen molar-refractivity contribution in [3.63, 3.8) is 0 Å². The molecule has 0 aromatic heterocycles. The summed E-state index contributed by atoms with van der Waals surface area (Å²) in [6.45, 7) is 7.26. The van der Waals surface area contributed by atoms with E-state index in [9.17, 15) is 4.79 Å². The van der Waals surface area contributed by atoms with Crippen molar-refractivity contribution >= 4 is 5.91 Å². The van der Waals surface area contributed by atoms with Crippen LogP contribution in [0.1, 0.15) is 20.3 Å². The Balaban J connectivity index is 2.33. The maximum atomic E-state index is 11.5. The van der Waals surface area contributed by atoms with E-state index in [-0.39, 0.29) is 11.9 Å². The van der Waals surface area contributed by atoms with Crippen LogP contribution >= 0.6 is 0 Å². The normalized spacial score (nSPS) is 26.4. The lowest BCUT2D eigenvalue weighted by molar-refractivity contribution is -0.128. The third-order valence-corrected chi connectivity index (χ3v) is 3.48. The first-order chi connectivity index (χ1) is 7.41. The summed E-state index contributed by atoms with van der Waals surface area (Å²) in [5.41, 5.74) is 6.10. The van der Waals surface area contributed by atoms with Gasteiger partial charge >= 0.3 is 0 Å². The number of carbonyl (C=O) groups is 1. The van der Waals surface area contributed by atoms with Crippen LogP contribution in [0.2, 0.25) is 0 Å². The molecule has 16 heavy (non-hydrogen) atoms. The lowest BCUT2D eigenvalue weighted by Crippen LogP contribution is -2.32. The monoisotopic (exact) mass is 227 g/mol. The fourth-order valence-corrected chi connectivity index (χ4v) is 2.31. The highest BCUT2D eigenvalue weighted by Gasteiger charge is 2.31. The van der Waals surface area contributed by atoms with Gasteiger partial charge in [0.2, 0.25) is 5.91 Å². The molecular formula is C12H25N3O. The molecule has 0 aromatic rings. The maximum Gasteiger partial charge on any atom is 0.223 e. The molecule has 2 atom stereocenters. The Morgan fingerprint density at radius 2 is 2.06 bits per heavy atom. The minimum Gasteiger partial charge on any atom is -0.349 e. The minimum atomic E-state index is 0.196. The Morgan fingerprint density at radius 3 is 2.50 bits per heavy atom. The Kier molecular flexibility index (Phi) is 4.74. The zero-order valence-corrected chi connectivity index (χ0v) is 10.9. The van der Waals surface area contributed by atoms with Crippen molar-refractivity contribution < 1.29 is 4.79 Å². The number of nitrogens with zero attached hydrogens (tertiary/aromatic N) is 2. The van der Waals surface area contributed by atoms with E-state index in [4.69, 9.17) is 5.73 Å². The largest absolute Gasteiger partial charge is 0.349 e. The van der Waals surface area contributed by atoms with Gasteiger partial charge in [-0.15, -0.1) is 0 Å². The molecule has 0 radical (unpaired) electrons. The smallest absolute Gasteiger partial charge is 0.223 e. The summed E-state index contributed by atoms with van der Waals surface area (Å²) in [6.07, 6.45) is 0.602. The Hall–Kier alpha value is -0.610. The van der Waals surface area contributed by atoms with Gasteiger partial charge in [-0.2, -0.15) is 0 Å². The molecule has 1 aliphatic heterocycles. The number of likely N-dealkylation sites (tertiary alicyclic amines) is 1. The Morgan fingerprint density at radius 1 is 1.44 bits per heavy atom. The van der Waals surface area contributed by atoms with E-state index in [0.29, 0.717) is 18.3 Å². The highest BCUT2D eigenvalue weighted by molar-refractivity contribution is 5.75. The molecule has 0 bridgehead atoms. The second-order valence-corrected chi connectivity index (χ2v) is 5.37. The van der Waals surface area contributed by atoms with E-state index >= 15 is 0 Å². The molecule has 1 heterocycles. The number of nitrogens with two attached hydrogens (primary N) is 1. The SMILES string of the molecule is CC(C)[C@H]1CN(CCC(=O)N(C)C)C[C@@H]1N. The molecular weight excluding hydrogens is 202 g/mol. The summed E-state index contributed by atoms with van der Waals surface area (Å²) in [4.78, 5) is 15.4. The predicted molar refractivity (Wildman–Crippen MR) is 66.1 cm³/mol. The van der Waals surface area contributed by atoms with Gasteiger partial charge in [-0.1, -0.05) is 13.8 Å². The fourth-order valence-electron chi connectivity index (χ4n) is 2.31. The van der Waals surface area contributed by atoms with Gasteiger partial charge in [-0.25, -0.2) is 0 Å². The second kappa shape index (κ2) is 5.64. The van der Waals surface area contributed by atoms with Crippen LogP contribution in [0.3, 0.4) is 0 Å². The van der Waals surface area contributed by atoms with Crippen molar-refractivity contribution in [2.75, 3.05) is 33.7 Å². The van der Waals surface area contributed by atoms with Gasteiger partial charge < -0.3 is 15.5 Å². The number of hydrogen-bond acceptors (Lipinski definition) is 3. The molecule has 0 spiro atoms. The molecule has 1 saturated heterocycles. The van der Waals surface area contributed by atoms with Crippen LogP contribution in [0.25, 0.3) is 0 Å². The van der Waals surface area contributed by atoms with Gasteiger partial charge in [-0.05, 0) is 11.8 Å². The summed E-state index contributed by atoms with van der Waals surface area (Å²) in [7, 11) is 3.60. The van der Waals surface area contributed by atoms with Crippen LogP contribution in [-0.4, -0.2) is 55.5 Å². The first kappa shape index (κ1) is 13.5. The summed E-state index contributed by atoms with van der Waals surface area (Å²) in [5.74, 6) is 1.40. The van der Waals surface area contributed by atoms with E-state index in [1.165, 1.54) is 0 Å². The van der Waals surface area contributed by atoms with Crippen LogP contribution in [-0.2, 0) is 4.79 Å². The molecule has 0 aliphatic carbocycles. The van der Waals surface area contributed by atoms with Gasteiger partial charge in [0, 0.05) is 46.2 Å². The van der Waals surface area contributed by atoms with Crippen LogP contribution in [0.4, 0.5) is 0 Å². The van der Waals surface area contributed by atoms with Gasteiger partial charge in [0.05, 0.1) is 0 Å². The fraction of sp³-hybridized carbons (Fsp3) is 0.917. The molecule has 1 fully saturated rings. The zero-order valence-electron chi connectivity index (χ0n) is 10.9. The van der Waals surface area contributed by atoms with Crippen LogP contribution < -0.4 is 5.73 Å². The van der Waals surface area contributed by atoms with Gasteiger partial charge in [0.25, 0.3) is 0 Å². The predicted octanol–water partition coefficient (Wildman–Crippen LogP) is 0.380. The molecule has 0 unspecified atom stereocenters. The number of rotatable bonds is 4. The van der Waals surface area contributed by atoms with Crippen LogP contribution in [0, 0.1) is 11.8 Å². The number of hydrogen-bond donors (Lipinski definition) is 1. The first-order valence-electron chi connectivity index (χ1n) is 6.10. The van der Waals surface area contributed by atoms with Crippen molar-refractivity contribution in [3.05, 3.63) is 0 Å². The molecule has 4 nitrogen and oxygen atoms in total. The van der Waals surface area contributed by atoms with Crippen molar-refractivity contribution in [1.82, 2.24) is 9.80 Å². The van der Waals surface area contributed by atoms with Crippen LogP contribution in [0.15, 0.2) is 0 Å². The highest BCUT2D eigenvalue weighted by Crippen LogP contribution is 2.22.